The average Bonchev–Trinajstić information content (AvgIpc) is 3.07. The predicted molar refractivity (Wildman–Crippen MR) is 94.8 cm³/mol. The lowest BCUT2D eigenvalue weighted by atomic mass is 9.86. The average molecular weight is 357 g/mol. The van der Waals surface area contributed by atoms with Gasteiger partial charge in [0.25, 0.3) is 0 Å². The molecule has 3 rings (SSSR count). The van der Waals surface area contributed by atoms with Crippen molar-refractivity contribution in [2.45, 2.75) is 45.2 Å². The molecule has 0 spiro atoms. The van der Waals surface area contributed by atoms with Gasteiger partial charge in [0.05, 0.1) is 5.92 Å². The number of carbonyl (C=O) groups is 2. The molecule has 3 N–H and O–H groups in total. The number of hydrogen-bond acceptors (Lipinski definition) is 4. The van der Waals surface area contributed by atoms with E-state index in [0.717, 1.165) is 17.2 Å². The smallest absolute Gasteiger partial charge is 0.315 e. The van der Waals surface area contributed by atoms with Gasteiger partial charge in [-0.1, -0.05) is 6.07 Å². The first-order valence-corrected chi connectivity index (χ1v) is 8.75. The number of aliphatic carboxylic acids is 1. The van der Waals surface area contributed by atoms with Crippen LogP contribution >= 0.6 is 0 Å². The molecule has 0 saturated heterocycles. The van der Waals surface area contributed by atoms with Crippen LogP contribution in [0.3, 0.4) is 0 Å². The maximum absolute atomic E-state index is 12.0. The predicted octanol–water partition coefficient (Wildman–Crippen LogP) is 2.02. The maximum atomic E-state index is 12.0. The minimum atomic E-state index is -0.741. The molecular weight excluding hydrogens is 334 g/mol. The van der Waals surface area contributed by atoms with Gasteiger partial charge < -0.3 is 15.7 Å². The number of aromatic nitrogens is 3. The van der Waals surface area contributed by atoms with Crippen molar-refractivity contribution < 1.29 is 14.7 Å². The van der Waals surface area contributed by atoms with Crippen LogP contribution in [0.1, 0.15) is 37.1 Å². The standard InChI is InChI=1S/C18H23N5O3/c1-12-19-8-9-23(12)16-7-2-13(10-20-16)11-21-18(26)22-15-5-3-14(4-6-15)17(24)25/h2,7-10,14-15H,3-6,11H2,1H3,(H,24,25)(H2,21,22,26). The van der Waals surface area contributed by atoms with Crippen LogP contribution in [0.5, 0.6) is 0 Å². The van der Waals surface area contributed by atoms with Crippen LogP contribution in [0, 0.1) is 12.8 Å². The SMILES string of the molecule is Cc1nccn1-c1ccc(CNC(=O)NC2CCC(C(=O)O)CC2)cn1. The number of rotatable bonds is 5. The summed E-state index contributed by atoms with van der Waals surface area (Å²) in [6.07, 6.45) is 7.92. The van der Waals surface area contributed by atoms with Gasteiger partial charge in [0.1, 0.15) is 11.6 Å². The number of carboxylic acid groups (broad SMARTS) is 1. The molecule has 0 bridgehead atoms. The van der Waals surface area contributed by atoms with E-state index in [1.165, 1.54) is 0 Å². The minimum Gasteiger partial charge on any atom is -0.481 e. The van der Waals surface area contributed by atoms with Crippen LogP contribution in [0.2, 0.25) is 0 Å². The van der Waals surface area contributed by atoms with Crippen LogP contribution in [-0.4, -0.2) is 37.7 Å². The van der Waals surface area contributed by atoms with Gasteiger partial charge in [0.2, 0.25) is 0 Å². The van der Waals surface area contributed by atoms with E-state index in [1.807, 2.05) is 29.8 Å². The van der Waals surface area contributed by atoms with Gasteiger partial charge in [-0.2, -0.15) is 0 Å². The zero-order valence-corrected chi connectivity index (χ0v) is 14.7. The summed E-state index contributed by atoms with van der Waals surface area (Å²) >= 11 is 0. The highest BCUT2D eigenvalue weighted by molar-refractivity contribution is 5.74. The zero-order chi connectivity index (χ0) is 18.5. The van der Waals surface area contributed by atoms with Crippen LogP contribution in [-0.2, 0) is 11.3 Å². The highest BCUT2D eigenvalue weighted by Gasteiger charge is 2.26. The van der Waals surface area contributed by atoms with Gasteiger partial charge in [-0.05, 0) is 44.2 Å². The van der Waals surface area contributed by atoms with Crippen LogP contribution in [0.15, 0.2) is 30.7 Å². The third-order valence-corrected chi connectivity index (χ3v) is 4.75. The molecule has 2 aromatic rings. The first-order valence-electron chi connectivity index (χ1n) is 8.75. The van der Waals surface area contributed by atoms with E-state index in [4.69, 9.17) is 5.11 Å². The van der Waals surface area contributed by atoms with Crippen molar-refractivity contribution in [3.63, 3.8) is 0 Å². The summed E-state index contributed by atoms with van der Waals surface area (Å²) < 4.78 is 1.89. The third kappa shape index (κ3) is 4.38. The van der Waals surface area contributed by atoms with Crippen LogP contribution in [0.4, 0.5) is 4.79 Å². The number of urea groups is 1. The Hall–Kier alpha value is -2.90. The van der Waals surface area contributed by atoms with E-state index in [-0.39, 0.29) is 18.0 Å². The second-order valence-electron chi connectivity index (χ2n) is 6.58. The lowest BCUT2D eigenvalue weighted by molar-refractivity contribution is -0.142. The molecule has 0 aromatic carbocycles. The van der Waals surface area contributed by atoms with Crippen LogP contribution < -0.4 is 10.6 Å². The Morgan fingerprint density at radius 1 is 1.23 bits per heavy atom. The van der Waals surface area contributed by atoms with E-state index in [0.29, 0.717) is 32.2 Å². The van der Waals surface area contributed by atoms with Gasteiger partial charge in [-0.3, -0.25) is 9.36 Å². The summed E-state index contributed by atoms with van der Waals surface area (Å²) in [5, 5.41) is 14.7. The first kappa shape index (κ1) is 17.9. The van der Waals surface area contributed by atoms with Crippen molar-refractivity contribution in [2.75, 3.05) is 0 Å². The Bertz CT molecular complexity index is 763. The summed E-state index contributed by atoms with van der Waals surface area (Å²) in [5.74, 6) is 0.623. The molecule has 8 heteroatoms. The second kappa shape index (κ2) is 7.99. The number of pyridine rings is 1. The van der Waals surface area contributed by atoms with E-state index < -0.39 is 5.97 Å². The molecule has 0 radical (unpaired) electrons. The van der Waals surface area contributed by atoms with Gasteiger partial charge in [0.15, 0.2) is 0 Å². The monoisotopic (exact) mass is 357 g/mol. The number of hydrogen-bond donors (Lipinski definition) is 3. The molecule has 2 amide bonds. The lowest BCUT2D eigenvalue weighted by Gasteiger charge is -2.26. The number of carbonyl (C=O) groups excluding carboxylic acids is 1. The largest absolute Gasteiger partial charge is 0.481 e. The molecular formula is C18H23N5O3. The number of amides is 2. The lowest BCUT2D eigenvalue weighted by Crippen LogP contribution is -2.43. The van der Waals surface area contributed by atoms with Crippen molar-refractivity contribution >= 4 is 12.0 Å². The van der Waals surface area contributed by atoms with E-state index in [9.17, 15) is 9.59 Å². The number of carboxylic acids is 1. The zero-order valence-electron chi connectivity index (χ0n) is 14.7. The Balaban J connectivity index is 1.45. The number of aryl methyl sites for hydroxylation is 1. The molecule has 138 valence electrons. The quantitative estimate of drug-likeness (QED) is 0.758. The molecule has 8 nitrogen and oxygen atoms in total. The fourth-order valence-corrected chi connectivity index (χ4v) is 3.19. The minimum absolute atomic E-state index is 0.0373. The fourth-order valence-electron chi connectivity index (χ4n) is 3.19. The Morgan fingerprint density at radius 3 is 2.58 bits per heavy atom. The highest BCUT2D eigenvalue weighted by atomic mass is 16.4. The van der Waals surface area contributed by atoms with E-state index >= 15 is 0 Å². The van der Waals surface area contributed by atoms with Gasteiger partial charge >= 0.3 is 12.0 Å². The van der Waals surface area contributed by atoms with Crippen molar-refractivity contribution in [2.24, 2.45) is 5.92 Å². The topological polar surface area (TPSA) is 109 Å². The maximum Gasteiger partial charge on any atom is 0.315 e. The molecule has 0 unspecified atom stereocenters. The van der Waals surface area contributed by atoms with Gasteiger partial charge in [-0.25, -0.2) is 14.8 Å². The Morgan fingerprint density at radius 2 is 2.00 bits per heavy atom. The summed E-state index contributed by atoms with van der Waals surface area (Å²) in [7, 11) is 0. The molecule has 1 fully saturated rings. The highest BCUT2D eigenvalue weighted by Crippen LogP contribution is 2.24. The van der Waals surface area contributed by atoms with Gasteiger partial charge in [0, 0.05) is 31.2 Å². The molecule has 1 aliphatic rings. The van der Waals surface area contributed by atoms with Crippen LogP contribution in [0.25, 0.3) is 5.82 Å². The second-order valence-corrected chi connectivity index (χ2v) is 6.58. The number of nitrogens with zero attached hydrogens (tertiary/aromatic N) is 3. The first-order chi connectivity index (χ1) is 12.5. The number of imidazole rings is 1. The normalized spacial score (nSPS) is 19.7. The summed E-state index contributed by atoms with van der Waals surface area (Å²) in [6.45, 7) is 2.29. The van der Waals surface area contributed by atoms with Gasteiger partial charge in [-0.15, -0.1) is 0 Å². The number of nitrogens with one attached hydrogen (secondary N) is 2. The Labute approximate surface area is 151 Å². The summed E-state index contributed by atoms with van der Waals surface area (Å²) in [6, 6.07) is 3.60. The van der Waals surface area contributed by atoms with Crippen molar-refractivity contribution in [3.05, 3.63) is 42.1 Å². The van der Waals surface area contributed by atoms with Crippen molar-refractivity contribution in [1.29, 1.82) is 0 Å². The van der Waals surface area contributed by atoms with Crippen molar-refractivity contribution in [3.8, 4) is 5.82 Å². The third-order valence-electron chi connectivity index (χ3n) is 4.75. The summed E-state index contributed by atoms with van der Waals surface area (Å²) in [5.41, 5.74) is 0.899. The molecule has 26 heavy (non-hydrogen) atoms. The molecule has 2 heterocycles. The molecule has 0 atom stereocenters. The molecule has 1 aliphatic carbocycles. The fraction of sp³-hybridized carbons (Fsp3) is 0.444. The Kier molecular flexibility index (Phi) is 5.50. The van der Waals surface area contributed by atoms with Crippen molar-refractivity contribution in [1.82, 2.24) is 25.2 Å². The van der Waals surface area contributed by atoms with E-state index in [2.05, 4.69) is 20.6 Å². The van der Waals surface area contributed by atoms with E-state index in [1.54, 1.807) is 12.4 Å². The molecule has 2 aromatic heterocycles. The molecule has 1 saturated carbocycles. The summed E-state index contributed by atoms with van der Waals surface area (Å²) in [4.78, 5) is 31.5. The molecule has 0 aliphatic heterocycles.